The molecule has 1 aromatic heterocycles. The molecule has 1 heterocycles. The molecule has 0 bridgehead atoms. The Morgan fingerprint density at radius 1 is 1.18 bits per heavy atom. The second-order valence-corrected chi connectivity index (χ2v) is 3.48. The van der Waals surface area contributed by atoms with E-state index in [1.807, 2.05) is 0 Å². The van der Waals surface area contributed by atoms with Crippen molar-refractivity contribution in [3.63, 3.8) is 0 Å². The lowest BCUT2D eigenvalue weighted by Gasteiger charge is -2.10. The molecule has 2 rings (SSSR count). The van der Waals surface area contributed by atoms with Crippen LogP contribution in [0.5, 0.6) is 0 Å². The van der Waals surface area contributed by atoms with Crippen molar-refractivity contribution in [3.8, 4) is 5.69 Å². The highest BCUT2D eigenvalue weighted by molar-refractivity contribution is 5.43. The van der Waals surface area contributed by atoms with Crippen LogP contribution >= 0.6 is 0 Å². The van der Waals surface area contributed by atoms with Gasteiger partial charge in [-0.3, -0.25) is 0 Å². The molecule has 0 unspecified atom stereocenters. The lowest BCUT2D eigenvalue weighted by atomic mass is 10.2. The van der Waals surface area contributed by atoms with Crippen LogP contribution in [0.1, 0.15) is 11.3 Å². The Labute approximate surface area is 94.9 Å². The summed E-state index contributed by atoms with van der Waals surface area (Å²) in [6.45, 7) is 1.58. The van der Waals surface area contributed by atoms with Crippen LogP contribution in [0.15, 0.2) is 24.3 Å². The summed E-state index contributed by atoms with van der Waals surface area (Å²) in [4.78, 5) is 0.896. The topological polar surface area (TPSA) is 56.7 Å². The Morgan fingerprint density at radius 2 is 1.82 bits per heavy atom. The average Bonchev–Trinajstić information content (AvgIpc) is 2.58. The number of alkyl halides is 3. The molecule has 0 spiro atoms. The van der Waals surface area contributed by atoms with Crippen molar-refractivity contribution in [2.24, 2.45) is 0 Å². The predicted molar refractivity (Wildman–Crippen MR) is 55.5 cm³/mol. The molecule has 0 aliphatic heterocycles. The van der Waals surface area contributed by atoms with Gasteiger partial charge >= 0.3 is 6.18 Å². The molecule has 0 saturated carbocycles. The number of anilines is 1. The number of aromatic nitrogens is 3. The first-order chi connectivity index (χ1) is 7.89. The summed E-state index contributed by atoms with van der Waals surface area (Å²) in [5.41, 5.74) is 4.92. The normalized spacial score (nSPS) is 11.8. The van der Waals surface area contributed by atoms with Gasteiger partial charge in [-0.15, -0.1) is 9.90 Å². The first-order valence-electron chi connectivity index (χ1n) is 4.75. The largest absolute Gasteiger partial charge is 0.418 e. The van der Waals surface area contributed by atoms with E-state index in [0.29, 0.717) is 5.69 Å². The molecule has 0 saturated heterocycles. The molecule has 7 heteroatoms. The first kappa shape index (κ1) is 11.4. The van der Waals surface area contributed by atoms with E-state index in [1.165, 1.54) is 18.2 Å². The number of nitrogen functional groups attached to an aromatic ring is 1. The molecule has 2 aromatic rings. The fraction of sp³-hybridized carbons (Fsp3) is 0.200. The molecule has 0 atom stereocenters. The summed E-state index contributed by atoms with van der Waals surface area (Å²) in [7, 11) is 0. The standard InChI is InChI=1S/C10H9F3N4/c1-6-9(14)16-17(15-6)8-5-3-2-4-7(8)10(11,12)13/h2-5H,1H3,(H2,14,16). The Bertz CT molecular complexity index is 525. The lowest BCUT2D eigenvalue weighted by Crippen LogP contribution is -2.12. The Balaban J connectivity index is 2.60. The number of hydrogen-bond acceptors (Lipinski definition) is 3. The molecule has 0 fully saturated rings. The van der Waals surface area contributed by atoms with Gasteiger partial charge in [0.25, 0.3) is 0 Å². The number of nitrogens with zero attached hydrogens (tertiary/aromatic N) is 3. The van der Waals surface area contributed by atoms with Crippen LogP contribution in [0.25, 0.3) is 5.69 Å². The van der Waals surface area contributed by atoms with Crippen LogP contribution in [0.2, 0.25) is 0 Å². The van der Waals surface area contributed by atoms with Gasteiger partial charge in [-0.1, -0.05) is 12.1 Å². The van der Waals surface area contributed by atoms with E-state index in [9.17, 15) is 13.2 Å². The summed E-state index contributed by atoms with van der Waals surface area (Å²) in [6.07, 6.45) is -4.45. The minimum Gasteiger partial charge on any atom is -0.381 e. The van der Waals surface area contributed by atoms with Gasteiger partial charge in [0, 0.05) is 0 Å². The molecule has 0 aliphatic rings. The highest BCUT2D eigenvalue weighted by Gasteiger charge is 2.34. The molecule has 2 N–H and O–H groups in total. The molecule has 4 nitrogen and oxygen atoms in total. The second kappa shape index (κ2) is 3.76. The van der Waals surface area contributed by atoms with E-state index in [4.69, 9.17) is 5.73 Å². The Morgan fingerprint density at radius 3 is 2.35 bits per heavy atom. The van der Waals surface area contributed by atoms with Crippen molar-refractivity contribution in [2.75, 3.05) is 5.73 Å². The quantitative estimate of drug-likeness (QED) is 0.833. The molecule has 0 radical (unpaired) electrons. The second-order valence-electron chi connectivity index (χ2n) is 3.48. The van der Waals surface area contributed by atoms with Gasteiger partial charge in [-0.25, -0.2) is 0 Å². The monoisotopic (exact) mass is 242 g/mol. The highest BCUT2D eigenvalue weighted by atomic mass is 19.4. The maximum absolute atomic E-state index is 12.7. The summed E-state index contributed by atoms with van der Waals surface area (Å²) in [5, 5.41) is 7.57. The summed E-state index contributed by atoms with van der Waals surface area (Å²) in [5.74, 6) is 0.113. The minimum atomic E-state index is -4.45. The Kier molecular flexibility index (Phi) is 2.53. The van der Waals surface area contributed by atoms with E-state index in [1.54, 1.807) is 6.92 Å². The maximum atomic E-state index is 12.7. The van der Waals surface area contributed by atoms with Crippen LogP contribution in [-0.2, 0) is 6.18 Å². The lowest BCUT2D eigenvalue weighted by molar-refractivity contribution is -0.137. The maximum Gasteiger partial charge on any atom is 0.418 e. The van der Waals surface area contributed by atoms with Gasteiger partial charge in [0.1, 0.15) is 5.69 Å². The number of aryl methyl sites for hydroxylation is 1. The zero-order valence-corrected chi connectivity index (χ0v) is 8.86. The van der Waals surface area contributed by atoms with Crippen molar-refractivity contribution in [2.45, 2.75) is 13.1 Å². The van der Waals surface area contributed by atoms with Gasteiger partial charge in [0.2, 0.25) is 0 Å². The van der Waals surface area contributed by atoms with E-state index >= 15 is 0 Å². The summed E-state index contributed by atoms with van der Waals surface area (Å²) in [6, 6.07) is 5.07. The zero-order valence-electron chi connectivity index (χ0n) is 8.86. The van der Waals surface area contributed by atoms with Crippen molar-refractivity contribution in [1.29, 1.82) is 0 Å². The van der Waals surface area contributed by atoms with Crippen LogP contribution in [0.3, 0.4) is 0 Å². The third kappa shape index (κ3) is 2.08. The summed E-state index contributed by atoms with van der Waals surface area (Å²) >= 11 is 0. The SMILES string of the molecule is Cc1nn(-c2ccccc2C(F)(F)F)nc1N. The number of rotatable bonds is 1. The summed E-state index contributed by atoms with van der Waals surface area (Å²) < 4.78 is 38.2. The van der Waals surface area contributed by atoms with E-state index in [-0.39, 0.29) is 11.5 Å². The van der Waals surface area contributed by atoms with Crippen molar-refractivity contribution in [3.05, 3.63) is 35.5 Å². The predicted octanol–water partition coefficient (Wildman–Crippen LogP) is 2.18. The fourth-order valence-electron chi connectivity index (χ4n) is 1.39. The number of nitrogens with two attached hydrogens (primary N) is 1. The highest BCUT2D eigenvalue weighted by Crippen LogP contribution is 2.33. The van der Waals surface area contributed by atoms with Gasteiger partial charge in [0.05, 0.1) is 11.3 Å². The van der Waals surface area contributed by atoms with Crippen LogP contribution in [-0.4, -0.2) is 15.0 Å². The molecule has 0 amide bonds. The zero-order chi connectivity index (χ0) is 12.6. The number of hydrogen-bond donors (Lipinski definition) is 1. The first-order valence-corrected chi connectivity index (χ1v) is 4.75. The fourth-order valence-corrected chi connectivity index (χ4v) is 1.39. The number of para-hydroxylation sites is 1. The molecule has 17 heavy (non-hydrogen) atoms. The molecule has 1 aromatic carbocycles. The average molecular weight is 242 g/mol. The third-order valence-electron chi connectivity index (χ3n) is 2.24. The number of halogens is 3. The molecule has 0 aliphatic carbocycles. The minimum absolute atomic E-state index is 0.113. The van der Waals surface area contributed by atoms with E-state index in [0.717, 1.165) is 10.9 Å². The van der Waals surface area contributed by atoms with Crippen molar-refractivity contribution < 1.29 is 13.2 Å². The Hall–Kier alpha value is -2.05. The molecular weight excluding hydrogens is 233 g/mol. The van der Waals surface area contributed by atoms with Gasteiger partial charge in [0.15, 0.2) is 5.82 Å². The third-order valence-corrected chi connectivity index (χ3v) is 2.24. The molecule has 90 valence electrons. The van der Waals surface area contributed by atoms with Crippen molar-refractivity contribution >= 4 is 5.82 Å². The van der Waals surface area contributed by atoms with Gasteiger partial charge in [-0.2, -0.15) is 18.3 Å². The van der Waals surface area contributed by atoms with Crippen LogP contribution in [0.4, 0.5) is 19.0 Å². The van der Waals surface area contributed by atoms with E-state index in [2.05, 4.69) is 10.2 Å². The molecular formula is C10H9F3N4. The van der Waals surface area contributed by atoms with Crippen molar-refractivity contribution in [1.82, 2.24) is 15.0 Å². The van der Waals surface area contributed by atoms with Crippen LogP contribution in [0, 0.1) is 6.92 Å². The van der Waals surface area contributed by atoms with Gasteiger partial charge < -0.3 is 5.73 Å². The number of benzene rings is 1. The smallest absolute Gasteiger partial charge is 0.381 e. The van der Waals surface area contributed by atoms with E-state index < -0.39 is 11.7 Å². The van der Waals surface area contributed by atoms with Crippen LogP contribution < -0.4 is 5.73 Å². The van der Waals surface area contributed by atoms with Gasteiger partial charge in [-0.05, 0) is 19.1 Å².